The van der Waals surface area contributed by atoms with Crippen LogP contribution in [0.5, 0.6) is 0 Å². The van der Waals surface area contributed by atoms with Gasteiger partial charge >= 0.3 is 0 Å². The van der Waals surface area contributed by atoms with Crippen molar-refractivity contribution in [3.05, 3.63) is 22.2 Å². The van der Waals surface area contributed by atoms with E-state index in [-0.39, 0.29) is 0 Å². The highest BCUT2D eigenvalue weighted by molar-refractivity contribution is 14.1. The Labute approximate surface area is 87.9 Å². The topological polar surface area (TPSA) is 80.5 Å². The molecule has 0 atom stereocenters. The van der Waals surface area contributed by atoms with Gasteiger partial charge < -0.3 is 5.73 Å². The molecule has 0 fully saturated rings. The predicted octanol–water partition coefficient (Wildman–Crippen LogP) is 1.05. The van der Waals surface area contributed by atoms with Crippen molar-refractivity contribution in [1.29, 1.82) is 0 Å². The van der Waals surface area contributed by atoms with Crippen molar-refractivity contribution in [1.82, 2.24) is 20.2 Å². The molecule has 0 aliphatic rings. The number of rotatable bonds is 1. The molecule has 6 heteroatoms. The first kappa shape index (κ1) is 8.42. The number of nitrogen functional groups attached to an aromatic ring is 1. The fourth-order valence-corrected chi connectivity index (χ4v) is 1.15. The molecule has 13 heavy (non-hydrogen) atoms. The number of hydrogen-bond acceptors (Lipinski definition) is 4. The van der Waals surface area contributed by atoms with Crippen molar-refractivity contribution in [2.24, 2.45) is 0 Å². The van der Waals surface area contributed by atoms with Gasteiger partial charge in [0.1, 0.15) is 5.82 Å². The first-order chi connectivity index (χ1) is 6.27. The molecule has 2 rings (SSSR count). The lowest BCUT2D eigenvalue weighted by molar-refractivity contribution is 1.09. The van der Waals surface area contributed by atoms with Crippen molar-refractivity contribution < 1.29 is 0 Å². The number of aromatic amines is 1. The van der Waals surface area contributed by atoms with Crippen LogP contribution in [0.1, 0.15) is 0 Å². The van der Waals surface area contributed by atoms with E-state index in [2.05, 4.69) is 42.8 Å². The maximum Gasteiger partial charge on any atom is 0.164 e. The molecule has 2 aromatic heterocycles. The molecule has 5 nitrogen and oxygen atoms in total. The number of nitrogens with zero attached hydrogens (tertiary/aromatic N) is 3. The second kappa shape index (κ2) is 3.29. The summed E-state index contributed by atoms with van der Waals surface area (Å²) in [6.45, 7) is 0. The summed E-state index contributed by atoms with van der Waals surface area (Å²) in [5.41, 5.74) is 6.47. The van der Waals surface area contributed by atoms with E-state index in [1.54, 1.807) is 18.6 Å². The van der Waals surface area contributed by atoms with Crippen molar-refractivity contribution in [3.63, 3.8) is 0 Å². The summed E-state index contributed by atoms with van der Waals surface area (Å²) < 4.78 is 0.852. The van der Waals surface area contributed by atoms with Crippen molar-refractivity contribution in [2.75, 3.05) is 5.73 Å². The zero-order chi connectivity index (χ0) is 9.26. The van der Waals surface area contributed by atoms with Gasteiger partial charge in [-0.2, -0.15) is 5.10 Å². The van der Waals surface area contributed by atoms with Crippen molar-refractivity contribution in [2.45, 2.75) is 0 Å². The zero-order valence-electron chi connectivity index (χ0n) is 6.53. The third kappa shape index (κ3) is 1.62. The Morgan fingerprint density at radius 1 is 1.38 bits per heavy atom. The molecule has 0 saturated heterocycles. The van der Waals surface area contributed by atoms with Crippen LogP contribution in [0, 0.1) is 3.57 Å². The van der Waals surface area contributed by atoms with Crippen LogP contribution in [0.15, 0.2) is 18.6 Å². The van der Waals surface area contributed by atoms with Gasteiger partial charge in [0.2, 0.25) is 0 Å². The van der Waals surface area contributed by atoms with E-state index >= 15 is 0 Å². The van der Waals surface area contributed by atoms with Crippen LogP contribution in [-0.4, -0.2) is 20.2 Å². The molecule has 2 aromatic rings. The first-order valence-corrected chi connectivity index (χ1v) is 4.62. The minimum absolute atomic E-state index is 0.492. The van der Waals surface area contributed by atoms with Crippen LogP contribution >= 0.6 is 22.6 Å². The second-order valence-corrected chi connectivity index (χ2v) is 3.58. The van der Waals surface area contributed by atoms with E-state index in [1.807, 2.05) is 0 Å². The highest BCUT2D eigenvalue weighted by atomic mass is 127. The number of nitrogens with one attached hydrogen (secondary N) is 1. The molecule has 0 spiro atoms. The van der Waals surface area contributed by atoms with Gasteiger partial charge in [-0.25, -0.2) is 9.97 Å². The standard InChI is InChI=1S/C7H6IN5/c8-5-3-10-7(13-6(5)9)4-1-11-12-2-4/h1-3H,(H,11,12)(H2,9,10,13). The lowest BCUT2D eigenvalue weighted by Gasteiger charge is -1.98. The molecule has 0 bridgehead atoms. The summed E-state index contributed by atoms with van der Waals surface area (Å²) in [5, 5.41) is 6.49. The van der Waals surface area contributed by atoms with E-state index in [1.165, 1.54) is 0 Å². The molecule has 2 heterocycles. The van der Waals surface area contributed by atoms with E-state index in [4.69, 9.17) is 5.73 Å². The summed E-state index contributed by atoms with van der Waals surface area (Å²) in [6, 6.07) is 0. The number of halogens is 1. The van der Waals surface area contributed by atoms with Gasteiger partial charge in [-0.3, -0.25) is 5.10 Å². The second-order valence-electron chi connectivity index (χ2n) is 2.41. The van der Waals surface area contributed by atoms with E-state index < -0.39 is 0 Å². The van der Waals surface area contributed by atoms with Gasteiger partial charge in [0.25, 0.3) is 0 Å². The largest absolute Gasteiger partial charge is 0.383 e. The van der Waals surface area contributed by atoms with Crippen LogP contribution in [0.2, 0.25) is 0 Å². The highest BCUT2D eigenvalue weighted by Crippen LogP contribution is 2.16. The smallest absolute Gasteiger partial charge is 0.164 e. The molecule has 0 aliphatic heterocycles. The molecule has 66 valence electrons. The number of hydrogen-bond donors (Lipinski definition) is 2. The Kier molecular flexibility index (Phi) is 2.13. The molecule has 0 unspecified atom stereocenters. The lowest BCUT2D eigenvalue weighted by atomic mass is 10.3. The third-order valence-corrected chi connectivity index (χ3v) is 2.36. The molecule has 0 radical (unpaired) electrons. The Morgan fingerprint density at radius 3 is 2.85 bits per heavy atom. The minimum Gasteiger partial charge on any atom is -0.383 e. The van der Waals surface area contributed by atoms with Gasteiger partial charge in [0.05, 0.1) is 15.3 Å². The predicted molar refractivity (Wildman–Crippen MR) is 56.7 cm³/mol. The van der Waals surface area contributed by atoms with Gasteiger partial charge in [-0.05, 0) is 22.6 Å². The minimum atomic E-state index is 0.492. The fourth-order valence-electron chi connectivity index (χ4n) is 0.893. The number of H-pyrrole nitrogens is 1. The Hall–Kier alpha value is -1.18. The average molecular weight is 287 g/mol. The van der Waals surface area contributed by atoms with E-state index in [0.717, 1.165) is 9.13 Å². The Balaban J connectivity index is 2.49. The van der Waals surface area contributed by atoms with Gasteiger partial charge in [-0.15, -0.1) is 0 Å². The first-order valence-electron chi connectivity index (χ1n) is 3.54. The Morgan fingerprint density at radius 2 is 2.23 bits per heavy atom. The summed E-state index contributed by atoms with van der Waals surface area (Å²) in [5.74, 6) is 1.08. The van der Waals surface area contributed by atoms with E-state index in [9.17, 15) is 0 Å². The van der Waals surface area contributed by atoms with E-state index in [0.29, 0.717) is 11.6 Å². The number of anilines is 1. The zero-order valence-corrected chi connectivity index (χ0v) is 8.69. The molecule has 3 N–H and O–H groups in total. The van der Waals surface area contributed by atoms with Gasteiger partial charge in [-0.1, -0.05) is 0 Å². The van der Waals surface area contributed by atoms with Crippen LogP contribution < -0.4 is 5.73 Å². The molecule has 0 aliphatic carbocycles. The van der Waals surface area contributed by atoms with Crippen LogP contribution in [-0.2, 0) is 0 Å². The molecular formula is C7H6IN5. The Bertz CT molecular complexity index is 411. The summed E-state index contributed by atoms with van der Waals surface area (Å²) in [4.78, 5) is 8.24. The average Bonchev–Trinajstić information content (AvgIpc) is 2.62. The maximum atomic E-state index is 5.64. The van der Waals surface area contributed by atoms with Gasteiger partial charge in [0.15, 0.2) is 5.82 Å². The van der Waals surface area contributed by atoms with Crippen LogP contribution in [0.3, 0.4) is 0 Å². The number of nitrogens with two attached hydrogens (primary N) is 1. The fraction of sp³-hybridized carbons (Fsp3) is 0. The monoisotopic (exact) mass is 287 g/mol. The van der Waals surface area contributed by atoms with Crippen LogP contribution in [0.25, 0.3) is 11.4 Å². The van der Waals surface area contributed by atoms with Crippen molar-refractivity contribution >= 4 is 28.4 Å². The molecule has 0 aromatic carbocycles. The van der Waals surface area contributed by atoms with Crippen LogP contribution in [0.4, 0.5) is 5.82 Å². The third-order valence-electron chi connectivity index (χ3n) is 1.53. The SMILES string of the molecule is Nc1nc(-c2cn[nH]c2)ncc1I. The quantitative estimate of drug-likeness (QED) is 0.768. The molecule has 0 saturated carbocycles. The maximum absolute atomic E-state index is 5.64. The lowest BCUT2D eigenvalue weighted by Crippen LogP contribution is -1.97. The van der Waals surface area contributed by atoms with Gasteiger partial charge in [0, 0.05) is 12.4 Å². The summed E-state index contributed by atoms with van der Waals surface area (Å²) in [7, 11) is 0. The molecule has 0 amide bonds. The number of aromatic nitrogens is 4. The summed E-state index contributed by atoms with van der Waals surface area (Å²) in [6.07, 6.45) is 5.06. The normalized spacial score (nSPS) is 10.2. The highest BCUT2D eigenvalue weighted by Gasteiger charge is 2.04. The molecular weight excluding hydrogens is 281 g/mol. The summed E-state index contributed by atoms with van der Waals surface area (Å²) >= 11 is 2.09. The van der Waals surface area contributed by atoms with Crippen molar-refractivity contribution in [3.8, 4) is 11.4 Å².